The number of hydrogen-bond donors (Lipinski definition) is 0. The van der Waals surface area contributed by atoms with Gasteiger partial charge in [-0.15, -0.1) is 0 Å². The fourth-order valence-corrected chi connectivity index (χ4v) is 4.12. The molecule has 0 bridgehead atoms. The van der Waals surface area contributed by atoms with Crippen LogP contribution in [-0.2, 0) is 31.9 Å². The molecule has 1 saturated heterocycles. The standard InChI is InChI=1S/C28H38N2O4/c31-27(33-23-15-25-9-3-1-4-10-25)13-19-30(22-21-29-17-7-8-18-29)20-14-28(32)34-24-16-26-11-5-2-6-12-26/h1-6,9-12H,7-8,13-24H2. The number of ether oxygens (including phenoxy) is 2. The molecular weight excluding hydrogens is 428 g/mol. The van der Waals surface area contributed by atoms with Gasteiger partial charge in [0.15, 0.2) is 0 Å². The summed E-state index contributed by atoms with van der Waals surface area (Å²) in [6, 6.07) is 20.0. The van der Waals surface area contributed by atoms with Gasteiger partial charge in [-0.3, -0.25) is 9.59 Å². The van der Waals surface area contributed by atoms with E-state index in [2.05, 4.69) is 9.80 Å². The van der Waals surface area contributed by atoms with Crippen LogP contribution in [0.2, 0.25) is 0 Å². The summed E-state index contributed by atoms with van der Waals surface area (Å²) in [5.74, 6) is -0.375. The maximum Gasteiger partial charge on any atom is 0.307 e. The first-order valence-electron chi connectivity index (χ1n) is 12.5. The molecule has 0 atom stereocenters. The highest BCUT2D eigenvalue weighted by Crippen LogP contribution is 2.08. The zero-order valence-corrected chi connectivity index (χ0v) is 20.2. The number of hydrogen-bond acceptors (Lipinski definition) is 6. The minimum atomic E-state index is -0.187. The van der Waals surface area contributed by atoms with Crippen LogP contribution in [0, 0.1) is 0 Å². The predicted octanol–water partition coefficient (Wildman–Crippen LogP) is 3.74. The molecule has 184 valence electrons. The molecule has 3 rings (SSSR count). The second-order valence-electron chi connectivity index (χ2n) is 8.80. The molecule has 6 heteroatoms. The van der Waals surface area contributed by atoms with Crippen LogP contribution in [0.1, 0.15) is 36.8 Å². The second kappa shape index (κ2) is 15.3. The number of likely N-dealkylation sites (tertiary alicyclic amines) is 1. The third-order valence-electron chi connectivity index (χ3n) is 6.19. The lowest BCUT2D eigenvalue weighted by Gasteiger charge is -2.24. The van der Waals surface area contributed by atoms with Crippen LogP contribution in [0.15, 0.2) is 60.7 Å². The van der Waals surface area contributed by atoms with E-state index in [4.69, 9.17) is 9.47 Å². The van der Waals surface area contributed by atoms with E-state index in [9.17, 15) is 9.59 Å². The molecule has 1 aliphatic rings. The van der Waals surface area contributed by atoms with Gasteiger partial charge in [-0.1, -0.05) is 60.7 Å². The highest BCUT2D eigenvalue weighted by molar-refractivity contribution is 5.70. The molecule has 0 unspecified atom stereocenters. The maximum absolute atomic E-state index is 12.3. The van der Waals surface area contributed by atoms with Crippen molar-refractivity contribution in [3.63, 3.8) is 0 Å². The van der Waals surface area contributed by atoms with Gasteiger partial charge in [0, 0.05) is 39.0 Å². The van der Waals surface area contributed by atoms with Gasteiger partial charge in [0.25, 0.3) is 0 Å². The van der Waals surface area contributed by atoms with Crippen LogP contribution in [-0.4, -0.2) is 74.2 Å². The van der Waals surface area contributed by atoms with Gasteiger partial charge in [0.2, 0.25) is 0 Å². The molecule has 1 fully saturated rings. The summed E-state index contributed by atoms with van der Waals surface area (Å²) < 4.78 is 10.9. The minimum absolute atomic E-state index is 0.187. The van der Waals surface area contributed by atoms with Crippen LogP contribution in [0.5, 0.6) is 0 Å². The Bertz CT molecular complexity index is 776. The highest BCUT2D eigenvalue weighted by Gasteiger charge is 2.16. The van der Waals surface area contributed by atoms with Crippen LogP contribution in [0.4, 0.5) is 0 Å². The number of esters is 2. The fraction of sp³-hybridized carbons (Fsp3) is 0.500. The van der Waals surface area contributed by atoms with Crippen molar-refractivity contribution in [2.24, 2.45) is 0 Å². The van der Waals surface area contributed by atoms with Gasteiger partial charge in [0.1, 0.15) is 0 Å². The Hall–Kier alpha value is -2.70. The van der Waals surface area contributed by atoms with Crippen LogP contribution in [0.3, 0.4) is 0 Å². The van der Waals surface area contributed by atoms with Crippen molar-refractivity contribution in [1.82, 2.24) is 9.80 Å². The normalized spacial score (nSPS) is 13.8. The summed E-state index contributed by atoms with van der Waals surface area (Å²) in [4.78, 5) is 29.2. The molecule has 2 aromatic rings. The van der Waals surface area contributed by atoms with E-state index in [1.165, 1.54) is 12.8 Å². The molecule has 0 aromatic heterocycles. The highest BCUT2D eigenvalue weighted by atomic mass is 16.5. The Morgan fingerprint density at radius 3 is 1.65 bits per heavy atom. The van der Waals surface area contributed by atoms with E-state index in [-0.39, 0.29) is 11.9 Å². The quantitative estimate of drug-likeness (QED) is 0.373. The number of nitrogens with zero attached hydrogens (tertiary/aromatic N) is 2. The van der Waals surface area contributed by atoms with E-state index < -0.39 is 0 Å². The van der Waals surface area contributed by atoms with E-state index in [1.807, 2.05) is 60.7 Å². The molecule has 0 spiro atoms. The molecule has 1 aliphatic heterocycles. The third kappa shape index (κ3) is 10.5. The summed E-state index contributed by atoms with van der Waals surface area (Å²) in [7, 11) is 0. The minimum Gasteiger partial charge on any atom is -0.465 e. The van der Waals surface area contributed by atoms with Crippen molar-refractivity contribution in [3.8, 4) is 0 Å². The van der Waals surface area contributed by atoms with Gasteiger partial charge in [-0.25, -0.2) is 0 Å². The first kappa shape index (κ1) is 25.9. The van der Waals surface area contributed by atoms with Crippen molar-refractivity contribution >= 4 is 11.9 Å². The fourth-order valence-electron chi connectivity index (χ4n) is 4.12. The third-order valence-corrected chi connectivity index (χ3v) is 6.19. The maximum atomic E-state index is 12.3. The molecule has 0 amide bonds. The molecule has 6 nitrogen and oxygen atoms in total. The number of carbonyl (C=O) groups is 2. The number of carbonyl (C=O) groups excluding carboxylic acids is 2. The topological polar surface area (TPSA) is 59.1 Å². The van der Waals surface area contributed by atoms with Crippen molar-refractivity contribution in [2.45, 2.75) is 38.5 Å². The summed E-state index contributed by atoms with van der Waals surface area (Å²) in [6.07, 6.45) is 4.61. The van der Waals surface area contributed by atoms with Crippen molar-refractivity contribution in [1.29, 1.82) is 0 Å². The predicted molar refractivity (Wildman–Crippen MR) is 134 cm³/mol. The Morgan fingerprint density at radius 2 is 1.18 bits per heavy atom. The second-order valence-corrected chi connectivity index (χ2v) is 8.80. The summed E-state index contributed by atoms with van der Waals surface area (Å²) in [5, 5.41) is 0. The zero-order chi connectivity index (χ0) is 23.8. The molecule has 34 heavy (non-hydrogen) atoms. The first-order chi connectivity index (χ1) is 16.7. The molecule has 0 aliphatic carbocycles. The summed E-state index contributed by atoms with van der Waals surface area (Å²) in [6.45, 7) is 6.05. The molecule has 0 saturated carbocycles. The average molecular weight is 467 g/mol. The van der Waals surface area contributed by atoms with Crippen molar-refractivity contribution in [2.75, 3.05) is 52.5 Å². The largest absolute Gasteiger partial charge is 0.465 e. The van der Waals surface area contributed by atoms with Gasteiger partial charge < -0.3 is 19.3 Å². The van der Waals surface area contributed by atoms with Crippen LogP contribution in [0.25, 0.3) is 0 Å². The van der Waals surface area contributed by atoms with Crippen LogP contribution >= 0.6 is 0 Å². The Kier molecular flexibility index (Phi) is 11.6. The lowest BCUT2D eigenvalue weighted by atomic mass is 10.2. The average Bonchev–Trinajstić information content (AvgIpc) is 3.39. The lowest BCUT2D eigenvalue weighted by Crippen LogP contribution is -2.36. The van der Waals surface area contributed by atoms with Crippen molar-refractivity contribution < 1.29 is 19.1 Å². The smallest absolute Gasteiger partial charge is 0.307 e. The summed E-state index contributed by atoms with van der Waals surface area (Å²) >= 11 is 0. The molecular formula is C28H38N2O4. The van der Waals surface area contributed by atoms with E-state index >= 15 is 0 Å². The lowest BCUT2D eigenvalue weighted by molar-refractivity contribution is -0.144. The molecule has 2 aromatic carbocycles. The Balaban J connectivity index is 1.35. The van der Waals surface area contributed by atoms with E-state index in [1.54, 1.807) is 0 Å². The zero-order valence-electron chi connectivity index (χ0n) is 20.2. The van der Waals surface area contributed by atoms with Gasteiger partial charge >= 0.3 is 11.9 Å². The van der Waals surface area contributed by atoms with Crippen LogP contribution < -0.4 is 0 Å². The Labute approximate surface area is 203 Å². The monoisotopic (exact) mass is 466 g/mol. The Morgan fingerprint density at radius 1 is 0.706 bits per heavy atom. The van der Waals surface area contributed by atoms with E-state index in [0.717, 1.165) is 50.1 Å². The first-order valence-corrected chi connectivity index (χ1v) is 12.5. The molecule has 0 N–H and O–H groups in total. The number of rotatable bonds is 15. The summed E-state index contributed by atoms with van der Waals surface area (Å²) in [5.41, 5.74) is 2.32. The number of benzene rings is 2. The van der Waals surface area contributed by atoms with E-state index in [0.29, 0.717) is 39.1 Å². The SMILES string of the molecule is O=C(CCN(CCC(=O)OCCc1ccccc1)CCN1CCCC1)OCCc1ccccc1. The van der Waals surface area contributed by atoms with Crippen molar-refractivity contribution in [3.05, 3.63) is 71.8 Å². The van der Waals surface area contributed by atoms with Gasteiger partial charge in [0.05, 0.1) is 26.1 Å². The van der Waals surface area contributed by atoms with Gasteiger partial charge in [-0.2, -0.15) is 0 Å². The molecule has 0 radical (unpaired) electrons. The van der Waals surface area contributed by atoms with Gasteiger partial charge in [-0.05, 0) is 37.1 Å². The molecule has 1 heterocycles.